The minimum Gasteiger partial charge on any atom is -0.478 e. The molecule has 0 aromatic heterocycles. The normalized spacial score (nSPS) is 20.1. The van der Waals surface area contributed by atoms with Gasteiger partial charge in [0.05, 0.1) is 0 Å². The van der Waals surface area contributed by atoms with Crippen LogP contribution < -0.4 is 4.90 Å². The van der Waals surface area contributed by atoms with E-state index in [1.165, 1.54) is 18.5 Å². The van der Waals surface area contributed by atoms with Crippen molar-refractivity contribution in [1.29, 1.82) is 0 Å². The fraction of sp³-hybridized carbons (Fsp3) is 0.438. The maximum atomic E-state index is 10.6. The van der Waals surface area contributed by atoms with E-state index in [4.69, 9.17) is 5.11 Å². The van der Waals surface area contributed by atoms with Crippen LogP contribution in [0.1, 0.15) is 18.4 Å². The van der Waals surface area contributed by atoms with Crippen LogP contribution >= 0.6 is 15.9 Å². The number of anilines is 1. The van der Waals surface area contributed by atoms with Crippen molar-refractivity contribution in [3.05, 3.63) is 34.3 Å². The Bertz CT molecular complexity index is 561. The van der Waals surface area contributed by atoms with E-state index in [1.54, 1.807) is 6.08 Å². The van der Waals surface area contributed by atoms with Gasteiger partial charge in [0.1, 0.15) is 0 Å². The van der Waals surface area contributed by atoms with Crippen LogP contribution in [0.4, 0.5) is 5.69 Å². The smallest absolute Gasteiger partial charge is 0.328 e. The van der Waals surface area contributed by atoms with Gasteiger partial charge in [-0.2, -0.15) is 0 Å². The summed E-state index contributed by atoms with van der Waals surface area (Å²) >= 11 is 3.53. The number of carboxylic acid groups (broad SMARTS) is 1. The lowest BCUT2D eigenvalue weighted by molar-refractivity contribution is -0.131. The Kier molecular flexibility index (Phi) is 4.31. The summed E-state index contributed by atoms with van der Waals surface area (Å²) in [6, 6.07) is 6.96. The van der Waals surface area contributed by atoms with Gasteiger partial charge in [0.2, 0.25) is 0 Å². The van der Waals surface area contributed by atoms with Crippen LogP contribution in [-0.2, 0) is 4.79 Å². The van der Waals surface area contributed by atoms with E-state index in [1.807, 2.05) is 6.07 Å². The molecule has 3 rings (SSSR count). The van der Waals surface area contributed by atoms with E-state index in [9.17, 15) is 4.79 Å². The molecule has 5 heteroatoms. The third kappa shape index (κ3) is 3.66. The van der Waals surface area contributed by atoms with Gasteiger partial charge in [0.15, 0.2) is 0 Å². The Hall–Kier alpha value is -1.33. The molecule has 2 aliphatic rings. The Labute approximate surface area is 133 Å². The highest BCUT2D eigenvalue weighted by Gasteiger charge is 2.31. The summed E-state index contributed by atoms with van der Waals surface area (Å²) < 4.78 is 0.933. The fourth-order valence-electron chi connectivity index (χ4n) is 2.79. The standard InChI is InChI=1S/C16H19BrN2O2/c17-15-11-14(3-1-12(15)2-6-16(20)21)19-9-7-18(8-10-19)13-4-5-13/h1-3,6,11,13H,4-5,7-10H2,(H,20,21)/b6-2+. The molecule has 1 aliphatic heterocycles. The van der Waals surface area contributed by atoms with Gasteiger partial charge >= 0.3 is 5.97 Å². The van der Waals surface area contributed by atoms with Crippen molar-refractivity contribution in [3.8, 4) is 0 Å². The van der Waals surface area contributed by atoms with Crippen molar-refractivity contribution < 1.29 is 9.90 Å². The summed E-state index contributed by atoms with van der Waals surface area (Å²) in [5.41, 5.74) is 2.09. The minimum atomic E-state index is -0.929. The first kappa shape index (κ1) is 14.6. The van der Waals surface area contributed by atoms with Crippen molar-refractivity contribution >= 4 is 33.7 Å². The predicted octanol–water partition coefficient (Wildman–Crippen LogP) is 2.83. The zero-order chi connectivity index (χ0) is 14.8. The lowest BCUT2D eigenvalue weighted by Crippen LogP contribution is -2.47. The predicted molar refractivity (Wildman–Crippen MR) is 87.6 cm³/mol. The van der Waals surface area contributed by atoms with Gasteiger partial charge < -0.3 is 10.0 Å². The lowest BCUT2D eigenvalue weighted by atomic mass is 10.1. The van der Waals surface area contributed by atoms with E-state index < -0.39 is 5.97 Å². The van der Waals surface area contributed by atoms with Crippen LogP contribution in [0.2, 0.25) is 0 Å². The molecule has 2 fully saturated rings. The average molecular weight is 351 g/mol. The van der Waals surface area contributed by atoms with Crippen molar-refractivity contribution in [3.63, 3.8) is 0 Å². The van der Waals surface area contributed by atoms with Gasteiger partial charge in [0, 0.05) is 48.5 Å². The van der Waals surface area contributed by atoms with Crippen molar-refractivity contribution in [2.45, 2.75) is 18.9 Å². The zero-order valence-corrected chi connectivity index (χ0v) is 13.4. The van der Waals surface area contributed by atoms with E-state index >= 15 is 0 Å². The van der Waals surface area contributed by atoms with Crippen LogP contribution in [0.3, 0.4) is 0 Å². The summed E-state index contributed by atoms with van der Waals surface area (Å²) in [4.78, 5) is 15.6. The number of halogens is 1. The summed E-state index contributed by atoms with van der Waals surface area (Å²) in [6.45, 7) is 4.41. The van der Waals surface area contributed by atoms with Crippen LogP contribution in [0.15, 0.2) is 28.7 Å². The molecule has 0 spiro atoms. The number of carboxylic acids is 1. The summed E-state index contributed by atoms with van der Waals surface area (Å²) in [5, 5.41) is 8.68. The van der Waals surface area contributed by atoms with Crippen LogP contribution in [0.5, 0.6) is 0 Å². The molecule has 0 bridgehead atoms. The van der Waals surface area contributed by atoms with Crippen molar-refractivity contribution in [2.75, 3.05) is 31.1 Å². The van der Waals surface area contributed by atoms with Gasteiger partial charge in [-0.1, -0.05) is 22.0 Å². The Balaban J connectivity index is 1.66. The zero-order valence-electron chi connectivity index (χ0n) is 11.8. The highest BCUT2D eigenvalue weighted by atomic mass is 79.9. The number of hydrogen-bond acceptors (Lipinski definition) is 3. The fourth-order valence-corrected chi connectivity index (χ4v) is 3.29. The molecule has 1 aromatic rings. The van der Waals surface area contributed by atoms with E-state index in [0.717, 1.165) is 48.3 Å². The first-order valence-electron chi connectivity index (χ1n) is 7.33. The van der Waals surface area contributed by atoms with E-state index in [2.05, 4.69) is 37.9 Å². The number of piperazine rings is 1. The van der Waals surface area contributed by atoms with Gasteiger partial charge in [-0.25, -0.2) is 4.79 Å². The molecule has 21 heavy (non-hydrogen) atoms. The number of rotatable bonds is 4. The topological polar surface area (TPSA) is 43.8 Å². The average Bonchev–Trinajstić information content (AvgIpc) is 3.30. The molecule has 1 aliphatic carbocycles. The van der Waals surface area contributed by atoms with Crippen molar-refractivity contribution in [1.82, 2.24) is 4.90 Å². The third-order valence-electron chi connectivity index (χ3n) is 4.13. The molecule has 1 heterocycles. The highest BCUT2D eigenvalue weighted by molar-refractivity contribution is 9.10. The molecule has 1 saturated heterocycles. The molecule has 1 aromatic carbocycles. The second-order valence-corrected chi connectivity index (χ2v) is 6.49. The lowest BCUT2D eigenvalue weighted by Gasteiger charge is -2.36. The molecule has 0 unspecified atom stereocenters. The molecule has 1 saturated carbocycles. The van der Waals surface area contributed by atoms with Crippen LogP contribution in [0, 0.1) is 0 Å². The largest absolute Gasteiger partial charge is 0.478 e. The van der Waals surface area contributed by atoms with Gasteiger partial charge in [-0.15, -0.1) is 0 Å². The van der Waals surface area contributed by atoms with Gasteiger partial charge in [-0.05, 0) is 36.6 Å². The number of aliphatic carboxylic acids is 1. The minimum absolute atomic E-state index is 0.849. The first-order valence-corrected chi connectivity index (χ1v) is 8.12. The van der Waals surface area contributed by atoms with Gasteiger partial charge in [0.25, 0.3) is 0 Å². The molecular formula is C16H19BrN2O2. The summed E-state index contributed by atoms with van der Waals surface area (Å²) in [7, 11) is 0. The number of carbonyl (C=O) groups is 1. The second kappa shape index (κ2) is 6.20. The highest BCUT2D eigenvalue weighted by Crippen LogP contribution is 2.30. The maximum absolute atomic E-state index is 10.6. The molecular weight excluding hydrogens is 332 g/mol. The number of hydrogen-bond donors (Lipinski definition) is 1. The summed E-state index contributed by atoms with van der Waals surface area (Å²) in [5.74, 6) is -0.929. The van der Waals surface area contributed by atoms with Crippen LogP contribution in [0.25, 0.3) is 6.08 Å². The molecule has 0 atom stereocenters. The van der Waals surface area contributed by atoms with Crippen LogP contribution in [-0.4, -0.2) is 48.2 Å². The van der Waals surface area contributed by atoms with E-state index in [0.29, 0.717) is 0 Å². The quantitative estimate of drug-likeness (QED) is 0.848. The van der Waals surface area contributed by atoms with Gasteiger partial charge in [-0.3, -0.25) is 4.90 Å². The molecule has 112 valence electrons. The summed E-state index contributed by atoms with van der Waals surface area (Å²) in [6.07, 6.45) is 5.52. The Morgan fingerprint density at radius 3 is 2.52 bits per heavy atom. The first-order chi connectivity index (χ1) is 10.1. The molecule has 1 N–H and O–H groups in total. The molecule has 0 amide bonds. The maximum Gasteiger partial charge on any atom is 0.328 e. The third-order valence-corrected chi connectivity index (χ3v) is 4.82. The Morgan fingerprint density at radius 2 is 1.95 bits per heavy atom. The number of benzene rings is 1. The molecule has 4 nitrogen and oxygen atoms in total. The monoisotopic (exact) mass is 350 g/mol. The number of nitrogens with zero attached hydrogens (tertiary/aromatic N) is 2. The molecule has 0 radical (unpaired) electrons. The SMILES string of the molecule is O=C(O)/C=C/c1ccc(N2CCN(C3CC3)CC2)cc1Br. The Morgan fingerprint density at radius 1 is 1.24 bits per heavy atom. The van der Waals surface area contributed by atoms with E-state index in [-0.39, 0.29) is 0 Å². The second-order valence-electron chi connectivity index (χ2n) is 5.63. The van der Waals surface area contributed by atoms with Crippen molar-refractivity contribution in [2.24, 2.45) is 0 Å².